The quantitative estimate of drug-likeness (QED) is 0.893. The molecule has 1 N–H and O–H groups in total. The number of β-amino-alcohol motifs (C(OH)–C–C–N with tert-alkyl or cyclic N) is 1. The maximum absolute atomic E-state index is 12.7. The van der Waals surface area contributed by atoms with Crippen molar-refractivity contribution in [1.82, 2.24) is 9.80 Å². The molecule has 24 heavy (non-hydrogen) atoms. The van der Waals surface area contributed by atoms with Crippen LogP contribution in [-0.2, 0) is 22.7 Å². The number of methoxy groups -OCH3 is 1. The molecule has 132 valence electrons. The van der Waals surface area contributed by atoms with Crippen molar-refractivity contribution in [1.29, 1.82) is 0 Å². The lowest BCUT2D eigenvalue weighted by Crippen LogP contribution is -2.57. The lowest BCUT2D eigenvalue weighted by molar-refractivity contribution is -0.156. The first-order valence-corrected chi connectivity index (χ1v) is 8.91. The second-order valence-corrected chi connectivity index (χ2v) is 7.09. The third-order valence-corrected chi connectivity index (χ3v) is 5.08. The molecule has 2 aliphatic rings. The Bertz CT molecular complexity index is 554. The van der Waals surface area contributed by atoms with Gasteiger partial charge >= 0.3 is 0 Å². The summed E-state index contributed by atoms with van der Waals surface area (Å²) >= 11 is 0. The van der Waals surface area contributed by atoms with E-state index in [0.717, 1.165) is 51.0 Å². The van der Waals surface area contributed by atoms with Crippen LogP contribution < -0.4 is 0 Å². The fourth-order valence-electron chi connectivity index (χ4n) is 3.81. The molecule has 0 bridgehead atoms. The highest BCUT2D eigenvalue weighted by atomic mass is 16.5. The molecule has 1 amide bonds. The van der Waals surface area contributed by atoms with Crippen LogP contribution >= 0.6 is 0 Å². The Morgan fingerprint density at radius 1 is 1.12 bits per heavy atom. The maximum atomic E-state index is 12.7. The summed E-state index contributed by atoms with van der Waals surface area (Å²) < 4.78 is 5.13. The molecule has 1 aromatic rings. The molecule has 0 saturated carbocycles. The van der Waals surface area contributed by atoms with Crippen molar-refractivity contribution >= 4 is 5.91 Å². The van der Waals surface area contributed by atoms with Crippen LogP contribution in [0.15, 0.2) is 24.3 Å². The molecule has 1 aromatic carbocycles. The Kier molecular flexibility index (Phi) is 5.54. The van der Waals surface area contributed by atoms with Crippen molar-refractivity contribution < 1.29 is 14.6 Å². The van der Waals surface area contributed by atoms with Gasteiger partial charge in [-0.1, -0.05) is 24.3 Å². The average molecular weight is 332 g/mol. The van der Waals surface area contributed by atoms with Crippen LogP contribution in [0.2, 0.25) is 0 Å². The maximum Gasteiger partial charge on any atom is 0.255 e. The van der Waals surface area contributed by atoms with Crippen molar-refractivity contribution in [2.24, 2.45) is 0 Å². The molecule has 2 heterocycles. The zero-order valence-electron chi connectivity index (χ0n) is 14.5. The second-order valence-electron chi connectivity index (χ2n) is 7.09. The zero-order chi connectivity index (χ0) is 17.0. The summed E-state index contributed by atoms with van der Waals surface area (Å²) in [7, 11) is 1.69. The topological polar surface area (TPSA) is 53.0 Å². The van der Waals surface area contributed by atoms with Crippen LogP contribution in [0.4, 0.5) is 0 Å². The van der Waals surface area contributed by atoms with E-state index in [0.29, 0.717) is 19.6 Å². The van der Waals surface area contributed by atoms with Crippen molar-refractivity contribution in [3.8, 4) is 0 Å². The third kappa shape index (κ3) is 3.97. The highest BCUT2D eigenvalue weighted by Crippen LogP contribution is 2.26. The molecule has 2 aliphatic heterocycles. The van der Waals surface area contributed by atoms with E-state index >= 15 is 0 Å². The van der Waals surface area contributed by atoms with Crippen LogP contribution in [0.25, 0.3) is 0 Å². The molecule has 1 unspecified atom stereocenters. The van der Waals surface area contributed by atoms with Crippen molar-refractivity contribution in [3.63, 3.8) is 0 Å². The van der Waals surface area contributed by atoms with E-state index in [9.17, 15) is 9.90 Å². The summed E-state index contributed by atoms with van der Waals surface area (Å²) in [5.74, 6) is -0.0693. The van der Waals surface area contributed by atoms with Gasteiger partial charge in [0.2, 0.25) is 0 Å². The highest BCUT2D eigenvalue weighted by Gasteiger charge is 2.43. The number of piperidine rings is 1. The summed E-state index contributed by atoms with van der Waals surface area (Å²) in [4.78, 5) is 16.7. The van der Waals surface area contributed by atoms with Crippen molar-refractivity contribution in [2.45, 2.75) is 44.4 Å². The summed E-state index contributed by atoms with van der Waals surface area (Å²) in [5, 5.41) is 10.9. The Morgan fingerprint density at radius 3 is 2.46 bits per heavy atom. The smallest absolute Gasteiger partial charge is 0.255 e. The van der Waals surface area contributed by atoms with E-state index in [1.54, 1.807) is 7.11 Å². The molecular weight excluding hydrogens is 304 g/mol. The van der Waals surface area contributed by atoms with Crippen molar-refractivity contribution in [3.05, 3.63) is 35.4 Å². The second kappa shape index (κ2) is 7.64. The molecule has 2 saturated heterocycles. The van der Waals surface area contributed by atoms with Gasteiger partial charge in [-0.3, -0.25) is 9.69 Å². The number of ether oxygens (including phenoxy) is 1. The fraction of sp³-hybridized carbons (Fsp3) is 0.632. The summed E-state index contributed by atoms with van der Waals surface area (Å²) in [6.07, 6.45) is 3.54. The van der Waals surface area contributed by atoms with Gasteiger partial charge < -0.3 is 14.7 Å². The van der Waals surface area contributed by atoms with Gasteiger partial charge in [0.05, 0.1) is 6.61 Å². The molecule has 5 heteroatoms. The molecule has 5 nitrogen and oxygen atoms in total. The lowest BCUT2D eigenvalue weighted by atomic mass is 9.91. The number of hydrogen-bond acceptors (Lipinski definition) is 4. The van der Waals surface area contributed by atoms with Gasteiger partial charge in [0.25, 0.3) is 5.91 Å². The minimum absolute atomic E-state index is 0.0693. The van der Waals surface area contributed by atoms with Crippen LogP contribution in [0.5, 0.6) is 0 Å². The normalized spacial score (nSPS) is 25.2. The first-order chi connectivity index (χ1) is 11.6. The van der Waals surface area contributed by atoms with Gasteiger partial charge in [0, 0.05) is 33.3 Å². The molecule has 0 radical (unpaired) electrons. The Labute approximate surface area is 144 Å². The fourth-order valence-corrected chi connectivity index (χ4v) is 3.81. The van der Waals surface area contributed by atoms with E-state index < -0.39 is 5.60 Å². The Balaban J connectivity index is 1.61. The SMILES string of the molecule is COCc1ccc(CN2CCCC(O)(C(=O)N3CCCC3)C2)cc1. The largest absolute Gasteiger partial charge is 0.380 e. The summed E-state index contributed by atoms with van der Waals surface area (Å²) in [6, 6.07) is 8.35. The average Bonchev–Trinajstić information content (AvgIpc) is 3.11. The molecule has 1 atom stereocenters. The monoisotopic (exact) mass is 332 g/mol. The van der Waals surface area contributed by atoms with E-state index in [1.807, 2.05) is 4.90 Å². The number of carbonyl (C=O) groups is 1. The van der Waals surface area contributed by atoms with Crippen LogP contribution in [0.3, 0.4) is 0 Å². The van der Waals surface area contributed by atoms with E-state index in [4.69, 9.17) is 4.74 Å². The van der Waals surface area contributed by atoms with E-state index in [-0.39, 0.29) is 5.91 Å². The number of carbonyl (C=O) groups excluding carboxylic acids is 1. The van der Waals surface area contributed by atoms with Crippen molar-refractivity contribution in [2.75, 3.05) is 33.3 Å². The molecular formula is C19H28N2O3. The van der Waals surface area contributed by atoms with Gasteiger partial charge in [-0.25, -0.2) is 0 Å². The molecule has 0 aliphatic carbocycles. The van der Waals surface area contributed by atoms with Crippen LogP contribution in [0, 0.1) is 0 Å². The van der Waals surface area contributed by atoms with Gasteiger partial charge in [0.15, 0.2) is 5.60 Å². The number of aliphatic hydroxyl groups is 1. The minimum atomic E-state index is -1.21. The van der Waals surface area contributed by atoms with Gasteiger partial charge in [-0.05, 0) is 43.4 Å². The number of likely N-dealkylation sites (tertiary alicyclic amines) is 2. The molecule has 3 rings (SSSR count). The lowest BCUT2D eigenvalue weighted by Gasteiger charge is -2.40. The van der Waals surface area contributed by atoms with Gasteiger partial charge in [0.1, 0.15) is 0 Å². The first-order valence-electron chi connectivity index (χ1n) is 8.91. The molecule has 2 fully saturated rings. The molecule has 0 aromatic heterocycles. The van der Waals surface area contributed by atoms with Gasteiger partial charge in [-0.15, -0.1) is 0 Å². The minimum Gasteiger partial charge on any atom is -0.380 e. The predicted octanol–water partition coefficient (Wildman–Crippen LogP) is 1.78. The highest BCUT2D eigenvalue weighted by molar-refractivity contribution is 5.85. The third-order valence-electron chi connectivity index (χ3n) is 5.08. The van der Waals surface area contributed by atoms with Crippen LogP contribution in [-0.4, -0.2) is 59.7 Å². The number of amides is 1. The standard InChI is InChI=1S/C19H28N2O3/c1-24-14-17-7-5-16(6-8-17)13-20-10-4-9-19(23,15-20)18(22)21-11-2-3-12-21/h5-8,23H,2-4,9-15H2,1H3. The predicted molar refractivity (Wildman–Crippen MR) is 92.4 cm³/mol. The Hall–Kier alpha value is -1.43. The summed E-state index contributed by atoms with van der Waals surface area (Å²) in [6.45, 7) is 4.33. The number of nitrogens with zero attached hydrogens (tertiary/aromatic N) is 2. The molecule has 0 spiro atoms. The van der Waals surface area contributed by atoms with Crippen LogP contribution in [0.1, 0.15) is 36.8 Å². The van der Waals surface area contributed by atoms with Gasteiger partial charge in [-0.2, -0.15) is 0 Å². The number of rotatable bonds is 5. The Morgan fingerprint density at radius 2 is 1.79 bits per heavy atom. The van der Waals surface area contributed by atoms with E-state index in [2.05, 4.69) is 29.2 Å². The number of hydrogen-bond donors (Lipinski definition) is 1. The number of benzene rings is 1. The summed E-state index contributed by atoms with van der Waals surface area (Å²) in [5.41, 5.74) is 1.15. The first kappa shape index (κ1) is 17.4. The van der Waals surface area contributed by atoms with E-state index in [1.165, 1.54) is 5.56 Å². The zero-order valence-corrected chi connectivity index (χ0v) is 14.5.